The van der Waals surface area contributed by atoms with Crippen LogP contribution in [0.4, 0.5) is 11.4 Å². The van der Waals surface area contributed by atoms with E-state index in [4.69, 9.17) is 22.1 Å². The zero-order chi connectivity index (χ0) is 14.3. The van der Waals surface area contributed by atoms with Crippen LogP contribution in [0.2, 0.25) is 5.02 Å². The zero-order valence-electron chi connectivity index (χ0n) is 11.4. The Morgan fingerprint density at radius 1 is 1.47 bits per heavy atom. The molecule has 0 saturated carbocycles. The molecule has 0 heterocycles. The second kappa shape index (κ2) is 8.02. The van der Waals surface area contributed by atoms with Crippen LogP contribution in [0, 0.1) is 0 Å². The van der Waals surface area contributed by atoms with Crippen molar-refractivity contribution in [3.8, 4) is 0 Å². The number of ether oxygens (including phenoxy) is 1. The Kier molecular flexibility index (Phi) is 6.67. The fourth-order valence-electron chi connectivity index (χ4n) is 1.55. The Morgan fingerprint density at radius 3 is 2.84 bits per heavy atom. The number of amides is 1. The molecule has 0 aromatic heterocycles. The summed E-state index contributed by atoms with van der Waals surface area (Å²) < 4.78 is 5.46. The molecule has 0 bridgehead atoms. The molecule has 0 aliphatic heterocycles. The van der Waals surface area contributed by atoms with E-state index < -0.39 is 6.10 Å². The summed E-state index contributed by atoms with van der Waals surface area (Å²) in [5.74, 6) is -0.182. The van der Waals surface area contributed by atoms with E-state index in [1.165, 1.54) is 0 Å². The van der Waals surface area contributed by atoms with Gasteiger partial charge in [0.05, 0.1) is 10.7 Å². The van der Waals surface area contributed by atoms with Crippen LogP contribution in [0.25, 0.3) is 0 Å². The molecule has 3 N–H and O–H groups in total. The molecule has 1 aromatic rings. The van der Waals surface area contributed by atoms with E-state index in [1.54, 1.807) is 25.1 Å². The molecule has 1 amide bonds. The molecule has 0 fully saturated rings. The second-order valence-electron chi connectivity index (χ2n) is 4.45. The van der Waals surface area contributed by atoms with Gasteiger partial charge in [-0.1, -0.05) is 31.4 Å². The molecule has 1 atom stereocenters. The molecular formula is C14H21ClN2O2. The Hall–Kier alpha value is -1.26. The minimum atomic E-state index is -0.478. The third-order valence-electron chi connectivity index (χ3n) is 2.75. The Morgan fingerprint density at radius 2 is 2.21 bits per heavy atom. The smallest absolute Gasteiger partial charge is 0.253 e. The first-order valence-corrected chi connectivity index (χ1v) is 6.90. The highest BCUT2D eigenvalue weighted by molar-refractivity contribution is 6.33. The summed E-state index contributed by atoms with van der Waals surface area (Å²) >= 11 is 5.82. The molecule has 0 aliphatic carbocycles. The number of benzene rings is 1. The van der Waals surface area contributed by atoms with Crippen LogP contribution in [-0.2, 0) is 9.53 Å². The maximum absolute atomic E-state index is 11.9. The van der Waals surface area contributed by atoms with Gasteiger partial charge >= 0.3 is 0 Å². The van der Waals surface area contributed by atoms with Crippen molar-refractivity contribution in [2.45, 2.75) is 39.2 Å². The minimum absolute atomic E-state index is 0.182. The van der Waals surface area contributed by atoms with Gasteiger partial charge in [-0.15, -0.1) is 0 Å². The van der Waals surface area contributed by atoms with Gasteiger partial charge in [-0.05, 0) is 31.5 Å². The maximum atomic E-state index is 11.9. The Bertz CT molecular complexity index is 424. The van der Waals surface area contributed by atoms with Gasteiger partial charge in [-0.3, -0.25) is 4.79 Å². The molecule has 106 valence electrons. The zero-order valence-corrected chi connectivity index (χ0v) is 12.2. The van der Waals surface area contributed by atoms with Gasteiger partial charge in [-0.25, -0.2) is 0 Å². The van der Waals surface area contributed by atoms with Crippen molar-refractivity contribution in [1.29, 1.82) is 0 Å². The molecule has 0 radical (unpaired) electrons. The molecule has 4 nitrogen and oxygen atoms in total. The second-order valence-corrected chi connectivity index (χ2v) is 4.85. The molecule has 5 heteroatoms. The number of unbranched alkanes of at least 4 members (excludes halogenated alkanes) is 2. The summed E-state index contributed by atoms with van der Waals surface area (Å²) in [4.78, 5) is 11.9. The average Bonchev–Trinajstić information content (AvgIpc) is 2.38. The van der Waals surface area contributed by atoms with Gasteiger partial charge in [0.1, 0.15) is 6.10 Å². The van der Waals surface area contributed by atoms with Gasteiger partial charge < -0.3 is 15.8 Å². The number of halogens is 1. The van der Waals surface area contributed by atoms with E-state index in [-0.39, 0.29) is 5.91 Å². The monoisotopic (exact) mass is 284 g/mol. The van der Waals surface area contributed by atoms with Crippen LogP contribution in [0.15, 0.2) is 18.2 Å². The molecule has 1 unspecified atom stereocenters. The average molecular weight is 285 g/mol. The standard InChI is InChI=1S/C14H21ClN2O2/c1-3-4-5-8-19-10(2)14(18)17-11-6-7-12(15)13(16)9-11/h6-7,9-10H,3-5,8,16H2,1-2H3,(H,17,18). The molecule has 1 aromatic carbocycles. The molecule has 19 heavy (non-hydrogen) atoms. The summed E-state index contributed by atoms with van der Waals surface area (Å²) in [5.41, 5.74) is 6.73. The van der Waals surface area contributed by atoms with Crippen molar-refractivity contribution < 1.29 is 9.53 Å². The molecular weight excluding hydrogens is 264 g/mol. The number of nitrogens with two attached hydrogens (primary N) is 1. The van der Waals surface area contributed by atoms with Crippen molar-refractivity contribution in [2.75, 3.05) is 17.7 Å². The summed E-state index contributed by atoms with van der Waals surface area (Å²) in [7, 11) is 0. The molecule has 0 spiro atoms. The summed E-state index contributed by atoms with van der Waals surface area (Å²) in [6.07, 6.45) is 2.74. The predicted octanol–water partition coefficient (Wildman–Crippen LogP) is 3.46. The highest BCUT2D eigenvalue weighted by Crippen LogP contribution is 2.22. The lowest BCUT2D eigenvalue weighted by molar-refractivity contribution is -0.126. The Balaban J connectivity index is 2.42. The highest BCUT2D eigenvalue weighted by Gasteiger charge is 2.13. The highest BCUT2D eigenvalue weighted by atomic mass is 35.5. The molecule has 0 aliphatic rings. The normalized spacial score (nSPS) is 12.2. The number of carbonyl (C=O) groups is 1. The van der Waals surface area contributed by atoms with Gasteiger partial charge in [0, 0.05) is 12.3 Å². The summed E-state index contributed by atoms with van der Waals surface area (Å²) in [5, 5.41) is 3.22. The van der Waals surface area contributed by atoms with Crippen LogP contribution >= 0.6 is 11.6 Å². The van der Waals surface area contributed by atoms with Crippen LogP contribution in [0.1, 0.15) is 33.1 Å². The topological polar surface area (TPSA) is 64.3 Å². The number of nitrogens with one attached hydrogen (secondary N) is 1. The van der Waals surface area contributed by atoms with Gasteiger partial charge in [0.15, 0.2) is 0 Å². The summed E-state index contributed by atoms with van der Waals surface area (Å²) in [6, 6.07) is 4.99. The Labute approximate surface area is 119 Å². The van der Waals surface area contributed by atoms with Crippen LogP contribution < -0.4 is 11.1 Å². The quantitative estimate of drug-likeness (QED) is 0.595. The third-order valence-corrected chi connectivity index (χ3v) is 3.09. The largest absolute Gasteiger partial charge is 0.397 e. The van der Waals surface area contributed by atoms with Crippen molar-refractivity contribution in [1.82, 2.24) is 0 Å². The first-order valence-electron chi connectivity index (χ1n) is 6.52. The number of nitrogen functional groups attached to an aromatic ring is 1. The van der Waals surface area contributed by atoms with E-state index in [2.05, 4.69) is 12.2 Å². The number of rotatable bonds is 7. The van der Waals surface area contributed by atoms with E-state index in [0.717, 1.165) is 19.3 Å². The lowest BCUT2D eigenvalue weighted by Crippen LogP contribution is -2.28. The SMILES string of the molecule is CCCCCOC(C)C(=O)Nc1ccc(Cl)c(N)c1. The van der Waals surface area contributed by atoms with E-state index in [0.29, 0.717) is 23.0 Å². The maximum Gasteiger partial charge on any atom is 0.253 e. The molecule has 0 saturated heterocycles. The lowest BCUT2D eigenvalue weighted by atomic mass is 10.2. The van der Waals surface area contributed by atoms with Crippen molar-refractivity contribution >= 4 is 28.9 Å². The first kappa shape index (κ1) is 15.8. The fourth-order valence-corrected chi connectivity index (χ4v) is 1.67. The fraction of sp³-hybridized carbons (Fsp3) is 0.500. The van der Waals surface area contributed by atoms with E-state index in [9.17, 15) is 4.79 Å². The summed E-state index contributed by atoms with van der Waals surface area (Å²) in [6.45, 7) is 4.47. The van der Waals surface area contributed by atoms with E-state index >= 15 is 0 Å². The van der Waals surface area contributed by atoms with Crippen LogP contribution in [-0.4, -0.2) is 18.6 Å². The number of hydrogen-bond donors (Lipinski definition) is 2. The number of carbonyl (C=O) groups excluding carboxylic acids is 1. The van der Waals surface area contributed by atoms with Crippen molar-refractivity contribution in [2.24, 2.45) is 0 Å². The minimum Gasteiger partial charge on any atom is -0.397 e. The lowest BCUT2D eigenvalue weighted by Gasteiger charge is -2.13. The predicted molar refractivity (Wildman–Crippen MR) is 79.4 cm³/mol. The van der Waals surface area contributed by atoms with Crippen molar-refractivity contribution in [3.63, 3.8) is 0 Å². The van der Waals surface area contributed by atoms with Crippen LogP contribution in [0.3, 0.4) is 0 Å². The number of anilines is 2. The van der Waals surface area contributed by atoms with Crippen molar-refractivity contribution in [3.05, 3.63) is 23.2 Å². The van der Waals surface area contributed by atoms with Gasteiger partial charge in [-0.2, -0.15) is 0 Å². The van der Waals surface area contributed by atoms with Crippen LogP contribution in [0.5, 0.6) is 0 Å². The molecule has 1 rings (SSSR count). The van der Waals surface area contributed by atoms with E-state index in [1.807, 2.05) is 0 Å². The first-order chi connectivity index (χ1) is 9.04. The third kappa shape index (κ3) is 5.49. The van der Waals surface area contributed by atoms with Gasteiger partial charge in [0.2, 0.25) is 0 Å². The van der Waals surface area contributed by atoms with Gasteiger partial charge in [0.25, 0.3) is 5.91 Å². The number of hydrogen-bond acceptors (Lipinski definition) is 3.